The summed E-state index contributed by atoms with van der Waals surface area (Å²) >= 11 is 3.48. The minimum absolute atomic E-state index is 0.461. The third-order valence-corrected chi connectivity index (χ3v) is 3.17. The number of hydrogen-bond acceptors (Lipinski definition) is 1. The van der Waals surface area contributed by atoms with Gasteiger partial charge in [0.2, 0.25) is 0 Å². The zero-order valence-electron chi connectivity index (χ0n) is 10.00. The molecule has 0 atom stereocenters. The van der Waals surface area contributed by atoms with Crippen molar-refractivity contribution < 1.29 is 0 Å². The zero-order valence-corrected chi connectivity index (χ0v) is 11.6. The number of benzene rings is 1. The monoisotopic (exact) mass is 289 g/mol. The van der Waals surface area contributed by atoms with E-state index < -0.39 is 0 Å². The van der Waals surface area contributed by atoms with Crippen LogP contribution in [0.3, 0.4) is 0 Å². The molecule has 2 rings (SSSR count). The largest absolute Gasteiger partial charge is 0.347 e. The third kappa shape index (κ3) is 2.53. The van der Waals surface area contributed by atoms with Crippen LogP contribution in [0.1, 0.15) is 19.4 Å². The molecular formula is C14H14BrN2. The molecule has 0 aliphatic heterocycles. The summed E-state index contributed by atoms with van der Waals surface area (Å²) in [6, 6.07) is 8.46. The summed E-state index contributed by atoms with van der Waals surface area (Å²) in [6.45, 7) is 5.15. The van der Waals surface area contributed by atoms with Gasteiger partial charge in [0.15, 0.2) is 0 Å². The van der Waals surface area contributed by atoms with Gasteiger partial charge in [-0.25, -0.2) is 0 Å². The maximum Gasteiger partial charge on any atom is 0.0670 e. The van der Waals surface area contributed by atoms with Gasteiger partial charge in [-0.3, -0.25) is 0 Å². The van der Waals surface area contributed by atoms with E-state index in [9.17, 15) is 0 Å². The summed E-state index contributed by atoms with van der Waals surface area (Å²) in [5.74, 6) is 1.35. The smallest absolute Gasteiger partial charge is 0.0670 e. The van der Waals surface area contributed by atoms with Gasteiger partial charge in [-0.15, -0.1) is 0 Å². The lowest BCUT2D eigenvalue weighted by Gasteiger charge is -2.07. The molecule has 0 fully saturated rings. The van der Waals surface area contributed by atoms with E-state index in [2.05, 4.69) is 58.7 Å². The van der Waals surface area contributed by atoms with Gasteiger partial charge in [0.25, 0.3) is 0 Å². The molecule has 0 amide bonds. The fourth-order valence-corrected chi connectivity index (χ4v) is 2.40. The number of hydrogen-bond donors (Lipinski definition) is 0. The molecule has 0 bridgehead atoms. The molecule has 1 radical (unpaired) electrons. The second-order valence-corrected chi connectivity index (χ2v) is 5.40. The first kappa shape index (κ1) is 12.2. The van der Waals surface area contributed by atoms with E-state index in [1.54, 1.807) is 0 Å². The van der Waals surface area contributed by atoms with Gasteiger partial charge in [0, 0.05) is 28.1 Å². The molecule has 0 aliphatic rings. The third-order valence-electron chi connectivity index (χ3n) is 2.68. The highest BCUT2D eigenvalue weighted by molar-refractivity contribution is 9.10. The summed E-state index contributed by atoms with van der Waals surface area (Å²) in [7, 11) is 0. The van der Waals surface area contributed by atoms with E-state index in [-0.39, 0.29) is 0 Å². The molecule has 3 heteroatoms. The fourth-order valence-electron chi connectivity index (χ4n) is 2.04. The number of nitriles is 1. The van der Waals surface area contributed by atoms with Crippen molar-refractivity contribution in [2.24, 2.45) is 0 Å². The Morgan fingerprint density at radius 2 is 2.18 bits per heavy atom. The first-order valence-corrected chi connectivity index (χ1v) is 6.34. The maximum absolute atomic E-state index is 8.86. The number of fused-ring (bicyclic) bond motifs is 1. The van der Waals surface area contributed by atoms with Gasteiger partial charge in [-0.2, -0.15) is 5.26 Å². The summed E-state index contributed by atoms with van der Waals surface area (Å²) in [5, 5.41) is 10.0. The Kier molecular flexibility index (Phi) is 3.54. The van der Waals surface area contributed by atoms with Gasteiger partial charge in [-0.1, -0.05) is 29.8 Å². The Hall–Kier alpha value is -1.27. The highest BCUT2D eigenvalue weighted by Crippen LogP contribution is 2.26. The number of rotatable bonds is 3. The molecule has 2 nitrogen and oxygen atoms in total. The van der Waals surface area contributed by atoms with E-state index in [1.165, 1.54) is 16.8 Å². The first-order valence-electron chi connectivity index (χ1n) is 5.55. The lowest BCUT2D eigenvalue weighted by Crippen LogP contribution is -2.00. The Balaban J connectivity index is 2.58. The highest BCUT2D eigenvalue weighted by atomic mass is 79.9. The Labute approximate surface area is 110 Å². The van der Waals surface area contributed by atoms with Crippen LogP contribution in [0, 0.1) is 17.2 Å². The lowest BCUT2D eigenvalue weighted by atomic mass is 10.1. The summed E-state index contributed by atoms with van der Waals surface area (Å²) in [5.41, 5.74) is 2.30. The molecule has 0 saturated heterocycles. The quantitative estimate of drug-likeness (QED) is 0.837. The van der Waals surface area contributed by atoms with Crippen molar-refractivity contribution in [2.75, 3.05) is 0 Å². The van der Waals surface area contributed by atoms with Gasteiger partial charge in [-0.05, 0) is 29.7 Å². The maximum atomic E-state index is 8.86. The second-order valence-electron chi connectivity index (χ2n) is 4.49. The van der Waals surface area contributed by atoms with E-state index in [4.69, 9.17) is 5.26 Å². The Bertz CT molecular complexity index is 576. The molecule has 0 spiro atoms. The van der Waals surface area contributed by atoms with Gasteiger partial charge in [0.05, 0.1) is 12.5 Å². The van der Waals surface area contributed by atoms with Crippen LogP contribution in [-0.2, 0) is 13.0 Å². The minimum Gasteiger partial charge on any atom is -0.347 e. The van der Waals surface area contributed by atoms with Crippen molar-refractivity contribution in [1.29, 1.82) is 5.26 Å². The van der Waals surface area contributed by atoms with Crippen molar-refractivity contribution >= 4 is 26.8 Å². The molecular weight excluding hydrogens is 276 g/mol. The molecule has 0 saturated carbocycles. The number of halogens is 1. The molecule has 0 aliphatic carbocycles. The zero-order chi connectivity index (χ0) is 12.4. The van der Waals surface area contributed by atoms with Crippen LogP contribution >= 0.6 is 15.9 Å². The number of nitrogens with zero attached hydrogens (tertiary/aromatic N) is 2. The fraction of sp³-hybridized carbons (Fsp3) is 0.286. The molecule has 2 aromatic rings. The molecule has 17 heavy (non-hydrogen) atoms. The Morgan fingerprint density at radius 1 is 1.41 bits per heavy atom. The minimum atomic E-state index is 0.461. The van der Waals surface area contributed by atoms with E-state index in [0.29, 0.717) is 6.42 Å². The molecule has 87 valence electrons. The molecule has 0 N–H and O–H groups in total. The van der Waals surface area contributed by atoms with Crippen LogP contribution in [-0.4, -0.2) is 4.57 Å². The predicted octanol–water partition coefficient (Wildman–Crippen LogP) is 4.08. The predicted molar refractivity (Wildman–Crippen MR) is 73.5 cm³/mol. The van der Waals surface area contributed by atoms with E-state index >= 15 is 0 Å². The van der Waals surface area contributed by atoms with Gasteiger partial charge in [0.1, 0.15) is 0 Å². The van der Waals surface area contributed by atoms with Crippen LogP contribution in [0.5, 0.6) is 0 Å². The van der Waals surface area contributed by atoms with Crippen molar-refractivity contribution in [3.8, 4) is 6.07 Å². The summed E-state index contributed by atoms with van der Waals surface area (Å²) < 4.78 is 3.27. The van der Waals surface area contributed by atoms with Crippen LogP contribution in [0.4, 0.5) is 0 Å². The lowest BCUT2D eigenvalue weighted by molar-refractivity contribution is 0.736. The summed E-state index contributed by atoms with van der Waals surface area (Å²) in [6.07, 6.45) is 2.55. The standard InChI is InChI=1S/C14H14BrN2/c1-10(2)8-17-9-11(5-6-16)13-7-12(15)3-4-14(13)17/h3-4,7,9H,5,8H2,1-2H3. The van der Waals surface area contributed by atoms with Crippen molar-refractivity contribution in [1.82, 2.24) is 4.57 Å². The van der Waals surface area contributed by atoms with Crippen LogP contribution in [0.25, 0.3) is 10.9 Å². The Morgan fingerprint density at radius 3 is 2.82 bits per heavy atom. The average Bonchev–Trinajstić information content (AvgIpc) is 2.56. The van der Waals surface area contributed by atoms with Crippen molar-refractivity contribution in [3.63, 3.8) is 0 Å². The van der Waals surface area contributed by atoms with E-state index in [0.717, 1.165) is 16.6 Å². The van der Waals surface area contributed by atoms with Gasteiger partial charge < -0.3 is 4.57 Å². The topological polar surface area (TPSA) is 28.7 Å². The van der Waals surface area contributed by atoms with E-state index in [1.807, 2.05) is 6.07 Å². The summed E-state index contributed by atoms with van der Waals surface area (Å²) in [4.78, 5) is 0. The highest BCUT2D eigenvalue weighted by Gasteiger charge is 2.09. The second kappa shape index (κ2) is 4.93. The van der Waals surface area contributed by atoms with Crippen LogP contribution < -0.4 is 0 Å². The van der Waals surface area contributed by atoms with Crippen LogP contribution in [0.15, 0.2) is 28.9 Å². The van der Waals surface area contributed by atoms with Crippen LogP contribution in [0.2, 0.25) is 0 Å². The molecule has 1 aromatic heterocycles. The normalized spacial score (nSPS) is 11.0. The molecule has 1 aromatic carbocycles. The first-order chi connectivity index (χ1) is 8.11. The van der Waals surface area contributed by atoms with Gasteiger partial charge >= 0.3 is 0 Å². The van der Waals surface area contributed by atoms with Crippen molar-refractivity contribution in [3.05, 3.63) is 40.4 Å². The van der Waals surface area contributed by atoms with Crippen molar-refractivity contribution in [2.45, 2.75) is 26.8 Å². The molecule has 0 unspecified atom stereocenters. The number of aromatic nitrogens is 1. The molecule has 1 heterocycles. The SMILES string of the molecule is C[C](C)Cn1cc(CC#N)c2cc(Br)ccc21. The average molecular weight is 290 g/mol.